The maximum Gasteiger partial charge on any atom is 0.330 e. The number of rotatable bonds is 5. The minimum Gasteiger partial charge on any atom is -0.481 e. The Bertz CT molecular complexity index is 1620. The molecule has 0 saturated heterocycles. The lowest BCUT2D eigenvalue weighted by Crippen LogP contribution is -2.39. The minimum absolute atomic E-state index is 0.0456. The van der Waals surface area contributed by atoms with Crippen LogP contribution in [0.15, 0.2) is 64.2 Å². The molecule has 0 aliphatic rings. The summed E-state index contributed by atoms with van der Waals surface area (Å²) in [5, 5.41) is 10.8. The summed E-state index contributed by atoms with van der Waals surface area (Å²) in [4.78, 5) is 46.2. The molecule has 3 N–H and O–H groups in total. The van der Waals surface area contributed by atoms with Gasteiger partial charge < -0.3 is 15.4 Å². The number of benzene rings is 3. The second-order valence-corrected chi connectivity index (χ2v) is 8.34. The van der Waals surface area contributed by atoms with Gasteiger partial charge in [0.2, 0.25) is 0 Å². The summed E-state index contributed by atoms with van der Waals surface area (Å²) in [6.07, 6.45) is 0.463. The van der Waals surface area contributed by atoms with Crippen LogP contribution in [0.5, 0.6) is 0 Å². The van der Waals surface area contributed by atoms with Crippen LogP contribution in [-0.4, -0.2) is 26.1 Å². The molecule has 8 nitrogen and oxygen atoms in total. The SMILES string of the molecule is Cc1c(-c2cccc3c(CCC(=O)O)cccc23)c(=O)n(C)c(=O)n1C.NC(=O)c1c(F)cccc1F. The Morgan fingerprint density at radius 2 is 1.46 bits per heavy atom. The van der Waals surface area contributed by atoms with Crippen LogP contribution >= 0.6 is 0 Å². The maximum atomic E-state index is 12.8. The monoisotopic (exact) mass is 509 g/mol. The van der Waals surface area contributed by atoms with E-state index in [-0.39, 0.29) is 17.7 Å². The molecular weight excluding hydrogens is 484 g/mol. The molecule has 3 aromatic carbocycles. The number of carbonyl (C=O) groups excluding carboxylic acids is 1. The predicted octanol–water partition coefficient (Wildman–Crippen LogP) is 3.29. The minimum atomic E-state index is -1.10. The molecule has 192 valence electrons. The van der Waals surface area contributed by atoms with Gasteiger partial charge in [0.1, 0.15) is 17.2 Å². The number of halogens is 2. The number of hydrogen-bond acceptors (Lipinski definition) is 4. The lowest BCUT2D eigenvalue weighted by atomic mass is 9.94. The molecule has 0 bridgehead atoms. The lowest BCUT2D eigenvalue weighted by molar-refractivity contribution is -0.136. The van der Waals surface area contributed by atoms with Crippen LogP contribution in [0.25, 0.3) is 21.9 Å². The number of primary amides is 1. The van der Waals surface area contributed by atoms with Crippen molar-refractivity contribution in [2.75, 3.05) is 0 Å². The van der Waals surface area contributed by atoms with E-state index >= 15 is 0 Å². The van der Waals surface area contributed by atoms with Gasteiger partial charge in [-0.3, -0.25) is 19.0 Å². The Balaban J connectivity index is 0.000000289. The fourth-order valence-corrected chi connectivity index (χ4v) is 4.04. The molecule has 4 rings (SSSR count). The Morgan fingerprint density at radius 3 is 2.03 bits per heavy atom. The largest absolute Gasteiger partial charge is 0.481 e. The summed E-state index contributed by atoms with van der Waals surface area (Å²) in [6, 6.07) is 14.4. The van der Waals surface area contributed by atoms with E-state index in [2.05, 4.69) is 0 Å². The van der Waals surface area contributed by atoms with Crippen molar-refractivity contribution in [3.05, 3.63) is 104 Å². The molecular formula is C27H25F2N3O5. The van der Waals surface area contributed by atoms with Crippen molar-refractivity contribution in [1.29, 1.82) is 0 Å². The van der Waals surface area contributed by atoms with Crippen LogP contribution in [0.4, 0.5) is 8.78 Å². The summed E-state index contributed by atoms with van der Waals surface area (Å²) >= 11 is 0. The Kier molecular flexibility index (Phi) is 8.01. The molecule has 0 saturated carbocycles. The van der Waals surface area contributed by atoms with Gasteiger partial charge in [0.25, 0.3) is 11.5 Å². The van der Waals surface area contributed by atoms with Crippen LogP contribution in [0, 0.1) is 18.6 Å². The molecule has 0 radical (unpaired) electrons. The number of nitrogens with zero attached hydrogens (tertiary/aromatic N) is 2. The van der Waals surface area contributed by atoms with E-state index in [4.69, 9.17) is 10.8 Å². The lowest BCUT2D eigenvalue weighted by Gasteiger charge is -2.15. The maximum absolute atomic E-state index is 12.8. The van der Waals surface area contributed by atoms with E-state index in [9.17, 15) is 28.0 Å². The number of amides is 1. The Morgan fingerprint density at radius 1 is 0.892 bits per heavy atom. The first-order valence-corrected chi connectivity index (χ1v) is 11.2. The summed E-state index contributed by atoms with van der Waals surface area (Å²) in [5.74, 6) is -3.81. The number of aliphatic carboxylic acids is 1. The fraction of sp³-hybridized carbons (Fsp3) is 0.185. The van der Waals surface area contributed by atoms with E-state index in [1.54, 1.807) is 14.0 Å². The average molecular weight is 510 g/mol. The third-order valence-corrected chi connectivity index (χ3v) is 6.06. The van der Waals surface area contributed by atoms with Crippen LogP contribution < -0.4 is 17.0 Å². The average Bonchev–Trinajstić information content (AvgIpc) is 2.85. The van der Waals surface area contributed by atoms with Crippen molar-refractivity contribution in [1.82, 2.24) is 9.13 Å². The Labute approximate surface area is 210 Å². The zero-order chi connectivity index (χ0) is 27.4. The van der Waals surface area contributed by atoms with Gasteiger partial charge in [-0.05, 0) is 47.4 Å². The second kappa shape index (κ2) is 11.0. The van der Waals surface area contributed by atoms with Crippen molar-refractivity contribution in [3.8, 4) is 11.1 Å². The van der Waals surface area contributed by atoms with E-state index in [0.717, 1.165) is 44.7 Å². The third kappa shape index (κ3) is 5.48. The van der Waals surface area contributed by atoms with Gasteiger partial charge in [-0.25, -0.2) is 13.6 Å². The fourth-order valence-electron chi connectivity index (χ4n) is 4.04. The zero-order valence-electron chi connectivity index (χ0n) is 20.4. The molecule has 0 aliphatic heterocycles. The van der Waals surface area contributed by atoms with Crippen molar-refractivity contribution in [3.63, 3.8) is 0 Å². The van der Waals surface area contributed by atoms with E-state index in [1.165, 1.54) is 11.6 Å². The topological polar surface area (TPSA) is 124 Å². The molecule has 37 heavy (non-hydrogen) atoms. The van der Waals surface area contributed by atoms with E-state index < -0.39 is 29.1 Å². The van der Waals surface area contributed by atoms with Crippen molar-refractivity contribution in [2.24, 2.45) is 19.8 Å². The molecule has 0 aliphatic carbocycles. The number of carboxylic acid groups (broad SMARTS) is 1. The van der Waals surface area contributed by atoms with Gasteiger partial charge >= 0.3 is 11.7 Å². The van der Waals surface area contributed by atoms with Gasteiger partial charge in [-0.15, -0.1) is 0 Å². The van der Waals surface area contributed by atoms with Gasteiger partial charge in [0, 0.05) is 26.2 Å². The van der Waals surface area contributed by atoms with Crippen LogP contribution in [0.3, 0.4) is 0 Å². The highest BCUT2D eigenvalue weighted by atomic mass is 19.1. The van der Waals surface area contributed by atoms with Gasteiger partial charge in [0.05, 0.1) is 5.56 Å². The van der Waals surface area contributed by atoms with Gasteiger partial charge in [-0.2, -0.15) is 0 Å². The van der Waals surface area contributed by atoms with Crippen molar-refractivity contribution >= 4 is 22.6 Å². The number of aryl methyl sites for hydroxylation is 1. The smallest absolute Gasteiger partial charge is 0.330 e. The third-order valence-electron chi connectivity index (χ3n) is 6.06. The first-order chi connectivity index (χ1) is 17.5. The number of fused-ring (bicyclic) bond motifs is 1. The summed E-state index contributed by atoms with van der Waals surface area (Å²) in [6.45, 7) is 1.76. The quantitative estimate of drug-likeness (QED) is 0.427. The summed E-state index contributed by atoms with van der Waals surface area (Å²) < 4.78 is 27.7. The second-order valence-electron chi connectivity index (χ2n) is 8.34. The van der Waals surface area contributed by atoms with Gasteiger partial charge in [-0.1, -0.05) is 42.5 Å². The van der Waals surface area contributed by atoms with Crippen molar-refractivity contribution < 1.29 is 23.5 Å². The Hall–Kier alpha value is -4.60. The number of nitrogens with two attached hydrogens (primary N) is 1. The zero-order valence-corrected chi connectivity index (χ0v) is 20.4. The highest BCUT2D eigenvalue weighted by molar-refractivity contribution is 5.98. The summed E-state index contributed by atoms with van der Waals surface area (Å²) in [5.41, 5.74) is 6.05. The van der Waals surface area contributed by atoms with E-state index in [1.807, 2.05) is 36.4 Å². The highest BCUT2D eigenvalue weighted by Gasteiger charge is 2.17. The van der Waals surface area contributed by atoms with Crippen LogP contribution in [0.2, 0.25) is 0 Å². The van der Waals surface area contributed by atoms with Crippen LogP contribution in [-0.2, 0) is 25.3 Å². The van der Waals surface area contributed by atoms with Crippen molar-refractivity contribution in [2.45, 2.75) is 19.8 Å². The molecule has 10 heteroatoms. The molecule has 1 heterocycles. The van der Waals surface area contributed by atoms with Gasteiger partial charge in [0.15, 0.2) is 0 Å². The number of hydrogen-bond donors (Lipinski definition) is 2. The molecule has 1 amide bonds. The summed E-state index contributed by atoms with van der Waals surface area (Å²) in [7, 11) is 3.11. The molecule has 0 atom stereocenters. The molecule has 0 fully saturated rings. The number of carbonyl (C=O) groups is 2. The van der Waals surface area contributed by atoms with E-state index in [0.29, 0.717) is 17.7 Å². The first-order valence-electron chi connectivity index (χ1n) is 11.2. The standard InChI is InChI=1S/C20H20N2O4.C7H5F2NO/c1-12-18(19(25)22(3)20(26)21(12)2)16-9-5-7-14-13(10-11-17(23)24)6-4-8-15(14)16;8-4-2-1-3-5(9)6(4)7(10)11/h4-9H,10-11H2,1-3H3,(H,23,24);1-3H,(H2,10,11). The first kappa shape index (κ1) is 27.0. The molecule has 4 aromatic rings. The normalized spacial score (nSPS) is 10.6. The highest BCUT2D eigenvalue weighted by Crippen LogP contribution is 2.30. The molecule has 0 unspecified atom stereocenters. The number of carboxylic acids is 1. The molecule has 0 spiro atoms. The molecule has 1 aromatic heterocycles. The predicted molar refractivity (Wildman–Crippen MR) is 135 cm³/mol. The number of aromatic nitrogens is 2. The van der Waals surface area contributed by atoms with Crippen LogP contribution in [0.1, 0.15) is 28.0 Å².